The lowest BCUT2D eigenvalue weighted by Gasteiger charge is -2.06. The standard InChI is InChI=1S/C6H11NO2.C6H9NS.C4H9NO.C2H4O2.CH4/c1-4(5(2)8)7-6(3)9;1-4-5(2)8-6(3)7-4;1-3(5)4(2)6;1-2(3)4;/h4H,1-3H3,(H,7,9);1-3H3;3H,5H2,1-2H3;1H3,(H,3,4);1H4. The van der Waals surface area contributed by atoms with Crippen molar-refractivity contribution in [3.05, 3.63) is 15.6 Å². The van der Waals surface area contributed by atoms with Crippen LogP contribution in [0.15, 0.2) is 0 Å². The molecule has 2 atom stereocenters. The van der Waals surface area contributed by atoms with Gasteiger partial charge in [-0.05, 0) is 48.5 Å². The number of aryl methyl sites for hydroxylation is 3. The molecule has 0 saturated carbocycles. The van der Waals surface area contributed by atoms with Crippen molar-refractivity contribution < 1.29 is 24.3 Å². The first-order valence-electron chi connectivity index (χ1n) is 8.25. The fourth-order valence-electron chi connectivity index (χ4n) is 1.04. The molecule has 1 aromatic rings. The Labute approximate surface area is 172 Å². The third kappa shape index (κ3) is 26.1. The summed E-state index contributed by atoms with van der Waals surface area (Å²) in [5.41, 5.74) is 6.26. The van der Waals surface area contributed by atoms with Crippen molar-refractivity contribution in [3.63, 3.8) is 0 Å². The van der Waals surface area contributed by atoms with Gasteiger partial charge in [-0.2, -0.15) is 0 Å². The van der Waals surface area contributed by atoms with E-state index in [1.54, 1.807) is 25.2 Å². The minimum absolute atomic E-state index is 0. The van der Waals surface area contributed by atoms with Crippen LogP contribution in [0.5, 0.6) is 0 Å². The zero-order valence-electron chi connectivity index (χ0n) is 17.7. The highest BCUT2D eigenvalue weighted by Crippen LogP contribution is 2.14. The van der Waals surface area contributed by atoms with Crippen LogP contribution >= 0.6 is 11.3 Å². The number of ketones is 2. The van der Waals surface area contributed by atoms with Gasteiger partial charge in [0.25, 0.3) is 5.97 Å². The summed E-state index contributed by atoms with van der Waals surface area (Å²) >= 11 is 1.76. The maximum absolute atomic E-state index is 10.5. The topological polar surface area (TPSA) is 139 Å². The van der Waals surface area contributed by atoms with E-state index in [0.29, 0.717) is 0 Å². The van der Waals surface area contributed by atoms with Crippen LogP contribution in [-0.4, -0.2) is 45.6 Å². The number of hydrogen-bond donors (Lipinski definition) is 3. The van der Waals surface area contributed by atoms with Gasteiger partial charge in [-0.25, -0.2) is 4.98 Å². The van der Waals surface area contributed by atoms with Gasteiger partial charge in [0, 0.05) is 18.7 Å². The summed E-state index contributed by atoms with van der Waals surface area (Å²) in [6.07, 6.45) is 0. The number of nitrogens with one attached hydrogen (secondary N) is 1. The van der Waals surface area contributed by atoms with Crippen LogP contribution in [0.4, 0.5) is 0 Å². The number of aromatic nitrogens is 1. The molecule has 0 aliphatic rings. The van der Waals surface area contributed by atoms with E-state index in [0.717, 1.165) is 6.92 Å². The average Bonchev–Trinajstić information content (AvgIpc) is 2.75. The molecule has 0 bridgehead atoms. The molecule has 1 amide bonds. The summed E-state index contributed by atoms with van der Waals surface area (Å²) in [4.78, 5) is 45.3. The number of thiazole rings is 1. The molecule has 0 fully saturated rings. The van der Waals surface area contributed by atoms with Crippen molar-refractivity contribution >= 4 is 34.8 Å². The molecule has 0 radical (unpaired) electrons. The summed E-state index contributed by atoms with van der Waals surface area (Å²) < 4.78 is 0. The van der Waals surface area contributed by atoms with Crippen LogP contribution in [0.2, 0.25) is 0 Å². The van der Waals surface area contributed by atoms with Gasteiger partial charge in [0.1, 0.15) is 5.78 Å². The smallest absolute Gasteiger partial charge is 0.300 e. The van der Waals surface area contributed by atoms with Gasteiger partial charge in [-0.3, -0.25) is 19.2 Å². The summed E-state index contributed by atoms with van der Waals surface area (Å²) in [6.45, 7) is 14.9. The second-order valence-electron chi connectivity index (χ2n) is 5.83. The van der Waals surface area contributed by atoms with E-state index in [9.17, 15) is 14.4 Å². The van der Waals surface area contributed by atoms with Crippen LogP contribution in [0.3, 0.4) is 0 Å². The quantitative estimate of drug-likeness (QED) is 0.684. The molecule has 0 aliphatic carbocycles. The first-order valence-corrected chi connectivity index (χ1v) is 9.07. The SMILES string of the molecule is C.CC(=O)C(C)N.CC(=O)NC(C)C(C)=O.CC(=O)O.Cc1nc(C)c(C)s1. The van der Waals surface area contributed by atoms with Gasteiger partial charge in [0.05, 0.1) is 22.8 Å². The lowest BCUT2D eigenvalue weighted by atomic mass is 10.2. The van der Waals surface area contributed by atoms with Crippen LogP contribution in [0.25, 0.3) is 0 Å². The van der Waals surface area contributed by atoms with Crippen molar-refractivity contribution in [1.82, 2.24) is 10.3 Å². The molecule has 0 spiro atoms. The van der Waals surface area contributed by atoms with Crippen LogP contribution in [-0.2, 0) is 19.2 Å². The monoisotopic (exact) mass is 419 g/mol. The normalized spacial score (nSPS) is 10.6. The Morgan fingerprint density at radius 1 is 1.00 bits per heavy atom. The Morgan fingerprint density at radius 3 is 1.43 bits per heavy atom. The fourth-order valence-corrected chi connectivity index (χ4v) is 1.86. The van der Waals surface area contributed by atoms with Gasteiger partial charge in [-0.1, -0.05) is 7.43 Å². The van der Waals surface area contributed by atoms with E-state index in [-0.39, 0.29) is 37.0 Å². The molecule has 2 unspecified atom stereocenters. The van der Waals surface area contributed by atoms with E-state index in [1.165, 1.54) is 36.3 Å². The molecule has 4 N–H and O–H groups in total. The van der Waals surface area contributed by atoms with Gasteiger partial charge in [0.15, 0.2) is 5.78 Å². The third-order valence-corrected chi connectivity index (χ3v) is 3.79. The molecule has 1 heterocycles. The summed E-state index contributed by atoms with van der Waals surface area (Å²) in [6, 6.07) is -0.632. The Hall–Kier alpha value is -2.13. The fraction of sp³-hybridized carbons (Fsp3) is 0.632. The number of carboxylic acid groups (broad SMARTS) is 1. The van der Waals surface area contributed by atoms with Crippen molar-refractivity contribution in [3.8, 4) is 0 Å². The Kier molecular flexibility index (Phi) is 21.8. The van der Waals surface area contributed by atoms with Gasteiger partial charge in [0.2, 0.25) is 5.91 Å². The van der Waals surface area contributed by atoms with Crippen LogP contribution in [0, 0.1) is 20.8 Å². The van der Waals surface area contributed by atoms with E-state index in [4.69, 9.17) is 15.6 Å². The molecule has 9 heteroatoms. The number of nitrogens with two attached hydrogens (primary N) is 1. The molecule has 0 aliphatic heterocycles. The number of Topliss-reactive ketones (excluding diaryl/α,β-unsaturated/α-hetero) is 2. The predicted octanol–water partition coefficient (Wildman–Crippen LogP) is 2.82. The number of amides is 1. The van der Waals surface area contributed by atoms with Crippen LogP contribution < -0.4 is 11.1 Å². The number of carbonyl (C=O) groups is 4. The van der Waals surface area contributed by atoms with Gasteiger partial charge < -0.3 is 16.2 Å². The number of rotatable bonds is 3. The largest absolute Gasteiger partial charge is 0.481 e. The Morgan fingerprint density at radius 2 is 1.36 bits per heavy atom. The highest BCUT2D eigenvalue weighted by Gasteiger charge is 2.06. The Bertz CT molecular complexity index is 589. The second-order valence-corrected chi connectivity index (χ2v) is 7.23. The second kappa shape index (κ2) is 18.2. The average molecular weight is 420 g/mol. The zero-order valence-corrected chi connectivity index (χ0v) is 18.5. The van der Waals surface area contributed by atoms with Crippen molar-refractivity contribution in [2.75, 3.05) is 0 Å². The zero-order chi connectivity index (χ0) is 22.3. The molecule has 164 valence electrons. The lowest BCUT2D eigenvalue weighted by Crippen LogP contribution is -2.35. The first kappa shape index (κ1) is 33.5. The van der Waals surface area contributed by atoms with E-state index in [1.807, 2.05) is 13.8 Å². The van der Waals surface area contributed by atoms with Crippen molar-refractivity contribution in [2.45, 2.75) is 81.8 Å². The van der Waals surface area contributed by atoms with Crippen molar-refractivity contribution in [2.24, 2.45) is 5.73 Å². The molecular weight excluding hydrogens is 382 g/mol. The lowest BCUT2D eigenvalue weighted by molar-refractivity contribution is -0.134. The summed E-state index contributed by atoms with van der Waals surface area (Å²) in [5, 5.41) is 11.0. The number of carbonyl (C=O) groups excluding carboxylic acids is 3. The number of carboxylic acids is 1. The molecular formula is C19H37N3O5S. The van der Waals surface area contributed by atoms with Gasteiger partial charge in [-0.15, -0.1) is 11.3 Å². The number of hydrogen-bond acceptors (Lipinski definition) is 7. The number of aliphatic carboxylic acids is 1. The maximum Gasteiger partial charge on any atom is 0.300 e. The van der Waals surface area contributed by atoms with Gasteiger partial charge >= 0.3 is 0 Å². The van der Waals surface area contributed by atoms with Crippen molar-refractivity contribution in [1.29, 1.82) is 0 Å². The number of nitrogens with zero attached hydrogens (tertiary/aromatic N) is 1. The van der Waals surface area contributed by atoms with E-state index in [2.05, 4.69) is 17.2 Å². The molecule has 0 aromatic carbocycles. The Balaban J connectivity index is -0.000000141. The molecule has 1 rings (SSSR count). The minimum Gasteiger partial charge on any atom is -0.481 e. The predicted molar refractivity (Wildman–Crippen MR) is 115 cm³/mol. The molecule has 1 aromatic heterocycles. The summed E-state index contributed by atoms with van der Waals surface area (Å²) in [7, 11) is 0. The van der Waals surface area contributed by atoms with Crippen LogP contribution in [0.1, 0.15) is 64.5 Å². The maximum atomic E-state index is 10.5. The minimum atomic E-state index is -0.833. The third-order valence-electron chi connectivity index (χ3n) is 2.81. The molecule has 28 heavy (non-hydrogen) atoms. The molecule has 8 nitrogen and oxygen atoms in total. The highest BCUT2D eigenvalue weighted by molar-refractivity contribution is 7.11. The first-order chi connectivity index (χ1) is 12.1. The van der Waals surface area contributed by atoms with E-state index >= 15 is 0 Å². The summed E-state index contributed by atoms with van der Waals surface area (Å²) in [5.74, 6) is -0.988. The van der Waals surface area contributed by atoms with E-state index < -0.39 is 5.97 Å². The highest BCUT2D eigenvalue weighted by atomic mass is 32.1. The molecule has 0 saturated heterocycles.